The first-order valence-corrected chi connectivity index (χ1v) is 9.40. The van der Waals surface area contributed by atoms with Gasteiger partial charge in [-0.15, -0.1) is 0 Å². The lowest BCUT2D eigenvalue weighted by atomic mass is 9.60. The van der Waals surface area contributed by atoms with E-state index in [0.29, 0.717) is 48.9 Å². The minimum atomic E-state index is -0.564. The molecule has 3 rings (SSSR count). The second-order valence-electron chi connectivity index (χ2n) is 6.85. The molecule has 5 nitrogen and oxygen atoms in total. The van der Waals surface area contributed by atoms with Gasteiger partial charge in [-0.3, -0.25) is 4.79 Å². The lowest BCUT2D eigenvalue weighted by molar-refractivity contribution is -0.187. The third-order valence-electron chi connectivity index (χ3n) is 5.63. The number of nitrogens with zero attached hydrogens (tertiary/aromatic N) is 1. The highest BCUT2D eigenvalue weighted by Gasteiger charge is 2.51. The van der Waals surface area contributed by atoms with Gasteiger partial charge in [-0.05, 0) is 30.5 Å². The lowest BCUT2D eigenvalue weighted by Crippen LogP contribution is -2.46. The van der Waals surface area contributed by atoms with Crippen LogP contribution in [-0.4, -0.2) is 32.1 Å². The molecule has 1 spiro atoms. The molecule has 1 aliphatic heterocycles. The maximum absolute atomic E-state index is 11.9. The molecule has 0 amide bonds. The minimum absolute atomic E-state index is 0.0297. The van der Waals surface area contributed by atoms with Crippen LogP contribution in [0, 0.1) is 17.2 Å². The molecule has 0 aromatic heterocycles. The molecule has 2 aliphatic rings. The second-order valence-corrected chi connectivity index (χ2v) is 7.67. The van der Waals surface area contributed by atoms with Gasteiger partial charge in [-0.25, -0.2) is 0 Å². The number of carbonyl (C=O) groups excluding carboxylic acids is 1. The van der Waals surface area contributed by atoms with Gasteiger partial charge in [0.1, 0.15) is 0 Å². The molecule has 1 aliphatic carbocycles. The summed E-state index contributed by atoms with van der Waals surface area (Å²) in [5, 5.41) is 10.7. The summed E-state index contributed by atoms with van der Waals surface area (Å²) < 4.78 is 16.5. The van der Waals surface area contributed by atoms with Gasteiger partial charge in [0, 0.05) is 18.3 Å². The van der Waals surface area contributed by atoms with Crippen LogP contribution in [0.15, 0.2) is 18.2 Å². The Morgan fingerprint density at radius 2 is 1.88 bits per heavy atom. The summed E-state index contributed by atoms with van der Waals surface area (Å²) in [5.41, 5.74) is 0.382. The van der Waals surface area contributed by atoms with Crippen LogP contribution in [0.3, 0.4) is 0 Å². The highest BCUT2D eigenvalue weighted by atomic mass is 35.5. The summed E-state index contributed by atoms with van der Waals surface area (Å²) in [5.74, 6) is -1.50. The maximum atomic E-state index is 11.9. The molecule has 1 atom stereocenters. The summed E-state index contributed by atoms with van der Waals surface area (Å²) in [6, 6.07) is 7.77. The van der Waals surface area contributed by atoms with Gasteiger partial charge < -0.3 is 14.2 Å². The first-order valence-electron chi connectivity index (χ1n) is 8.65. The molecule has 2 fully saturated rings. The Morgan fingerprint density at radius 1 is 1.23 bits per heavy atom. The van der Waals surface area contributed by atoms with Gasteiger partial charge in [0.2, 0.25) is 0 Å². The van der Waals surface area contributed by atoms with Crippen molar-refractivity contribution in [1.82, 2.24) is 0 Å². The fourth-order valence-corrected chi connectivity index (χ4v) is 4.42. The summed E-state index contributed by atoms with van der Waals surface area (Å²) in [6.45, 7) is 1.17. The molecule has 140 valence electrons. The molecule has 1 unspecified atom stereocenters. The molecular formula is C19H21Cl2NO4. The van der Waals surface area contributed by atoms with Crippen molar-refractivity contribution in [1.29, 1.82) is 5.26 Å². The molecule has 7 heteroatoms. The molecule has 0 N–H and O–H groups in total. The quantitative estimate of drug-likeness (QED) is 0.710. The van der Waals surface area contributed by atoms with Crippen molar-refractivity contribution in [2.24, 2.45) is 5.92 Å². The highest BCUT2D eigenvalue weighted by Crippen LogP contribution is 2.51. The zero-order valence-electron chi connectivity index (χ0n) is 14.6. The molecule has 1 aromatic carbocycles. The number of hydrogen-bond acceptors (Lipinski definition) is 5. The molecule has 1 heterocycles. The summed E-state index contributed by atoms with van der Waals surface area (Å²) in [6.07, 6.45) is 2.65. The number of benzene rings is 1. The number of halogens is 2. The predicted octanol–water partition coefficient (Wildman–Crippen LogP) is 4.25. The summed E-state index contributed by atoms with van der Waals surface area (Å²) in [4.78, 5) is 11.9. The Balaban J connectivity index is 1.97. The first kappa shape index (κ1) is 19.4. The van der Waals surface area contributed by atoms with E-state index in [2.05, 4.69) is 6.07 Å². The van der Waals surface area contributed by atoms with Gasteiger partial charge in [0.15, 0.2) is 5.79 Å². The maximum Gasteiger partial charge on any atom is 0.306 e. The van der Waals surface area contributed by atoms with E-state index in [0.717, 1.165) is 5.56 Å². The van der Waals surface area contributed by atoms with Crippen molar-refractivity contribution in [3.05, 3.63) is 33.8 Å². The third-order valence-corrected chi connectivity index (χ3v) is 6.37. The van der Waals surface area contributed by atoms with E-state index >= 15 is 0 Å². The van der Waals surface area contributed by atoms with E-state index in [1.807, 2.05) is 6.07 Å². The summed E-state index contributed by atoms with van der Waals surface area (Å²) in [7, 11) is 1.33. The molecule has 1 saturated heterocycles. The zero-order valence-corrected chi connectivity index (χ0v) is 16.1. The number of ether oxygens (including phenoxy) is 3. The van der Waals surface area contributed by atoms with Crippen molar-refractivity contribution in [3.63, 3.8) is 0 Å². The van der Waals surface area contributed by atoms with Crippen LogP contribution in [0.5, 0.6) is 0 Å². The Hall–Kier alpha value is -1.32. The van der Waals surface area contributed by atoms with Crippen LogP contribution in [0.4, 0.5) is 0 Å². The van der Waals surface area contributed by atoms with Crippen LogP contribution < -0.4 is 0 Å². The fraction of sp³-hybridized carbons (Fsp3) is 0.579. The first-order chi connectivity index (χ1) is 12.4. The van der Waals surface area contributed by atoms with Crippen LogP contribution >= 0.6 is 23.2 Å². The Morgan fingerprint density at radius 3 is 2.42 bits per heavy atom. The summed E-state index contributed by atoms with van der Waals surface area (Å²) >= 11 is 12.3. The van der Waals surface area contributed by atoms with Gasteiger partial charge in [0.25, 0.3) is 0 Å². The molecule has 0 radical (unpaired) electrons. The average Bonchev–Trinajstić information content (AvgIpc) is 3.11. The number of carbonyl (C=O) groups is 1. The Kier molecular flexibility index (Phi) is 5.78. The average molecular weight is 398 g/mol. The van der Waals surface area contributed by atoms with Crippen molar-refractivity contribution in [2.45, 2.75) is 43.3 Å². The van der Waals surface area contributed by atoms with Crippen LogP contribution in [0.25, 0.3) is 0 Å². The molecular weight excluding hydrogens is 377 g/mol. The number of nitriles is 1. The lowest BCUT2D eigenvalue weighted by Gasteiger charge is -2.46. The third kappa shape index (κ3) is 3.57. The topological polar surface area (TPSA) is 68.6 Å². The largest absolute Gasteiger partial charge is 0.469 e. The smallest absolute Gasteiger partial charge is 0.306 e. The number of hydrogen-bond donors (Lipinski definition) is 0. The molecule has 0 bridgehead atoms. The highest BCUT2D eigenvalue weighted by molar-refractivity contribution is 6.42. The van der Waals surface area contributed by atoms with E-state index in [4.69, 9.17) is 37.4 Å². The normalized spacial score (nSPS) is 21.9. The van der Waals surface area contributed by atoms with Crippen LogP contribution in [-0.2, 0) is 24.4 Å². The molecule has 1 saturated carbocycles. The fourth-order valence-electron chi connectivity index (χ4n) is 4.12. The Labute approximate surface area is 163 Å². The van der Waals surface area contributed by atoms with Crippen molar-refractivity contribution in [3.8, 4) is 6.07 Å². The number of methoxy groups -OCH3 is 1. The van der Waals surface area contributed by atoms with E-state index in [1.54, 1.807) is 12.1 Å². The SMILES string of the molecule is COC(=O)CC(C#N)C1(c2ccc(Cl)c(Cl)c2)CCC2(CC1)OCCO2. The minimum Gasteiger partial charge on any atom is -0.469 e. The van der Waals surface area contributed by atoms with Gasteiger partial charge in [-0.2, -0.15) is 5.26 Å². The molecule has 26 heavy (non-hydrogen) atoms. The predicted molar refractivity (Wildman–Crippen MR) is 97.0 cm³/mol. The van der Waals surface area contributed by atoms with Crippen molar-refractivity contribution >= 4 is 29.2 Å². The van der Waals surface area contributed by atoms with Gasteiger partial charge in [-0.1, -0.05) is 29.3 Å². The monoisotopic (exact) mass is 397 g/mol. The standard InChI is InChI=1S/C19H21Cl2NO4/c1-24-17(23)11-14(12-22)18(13-2-3-15(20)16(21)10-13)4-6-19(7-5-18)25-8-9-26-19/h2-3,10,14H,4-9,11H2,1H3. The van der Waals surface area contributed by atoms with E-state index in [-0.39, 0.29) is 6.42 Å². The van der Waals surface area contributed by atoms with Crippen LogP contribution in [0.1, 0.15) is 37.7 Å². The van der Waals surface area contributed by atoms with Crippen molar-refractivity contribution in [2.75, 3.05) is 20.3 Å². The van der Waals surface area contributed by atoms with E-state index in [9.17, 15) is 10.1 Å². The van der Waals surface area contributed by atoms with Crippen LogP contribution in [0.2, 0.25) is 10.0 Å². The van der Waals surface area contributed by atoms with Gasteiger partial charge in [0.05, 0.1) is 48.8 Å². The van der Waals surface area contributed by atoms with Gasteiger partial charge >= 0.3 is 5.97 Å². The number of esters is 1. The Bertz CT molecular complexity index is 715. The van der Waals surface area contributed by atoms with E-state index < -0.39 is 23.1 Å². The number of rotatable bonds is 4. The zero-order chi connectivity index (χ0) is 18.8. The van der Waals surface area contributed by atoms with Crippen molar-refractivity contribution < 1.29 is 19.0 Å². The van der Waals surface area contributed by atoms with E-state index in [1.165, 1.54) is 7.11 Å². The second kappa shape index (κ2) is 7.74. The molecule has 1 aromatic rings.